The average Bonchev–Trinajstić information content (AvgIpc) is 2.70. The van der Waals surface area contributed by atoms with Crippen LogP contribution in [0.4, 0.5) is 0 Å². The van der Waals surface area contributed by atoms with Gasteiger partial charge in [-0.2, -0.15) is 0 Å². The molecule has 1 heterocycles. The van der Waals surface area contributed by atoms with Crippen LogP contribution in [-0.2, 0) is 19.7 Å². The molecule has 0 aliphatic carbocycles. The number of hydrogen-bond acceptors (Lipinski definition) is 4. The maximum absolute atomic E-state index is 6.03. The lowest BCUT2D eigenvalue weighted by atomic mass is 10.2. The van der Waals surface area contributed by atoms with Crippen LogP contribution in [-0.4, -0.2) is 11.6 Å². The van der Waals surface area contributed by atoms with Crippen molar-refractivity contribution >= 4 is 39.9 Å². The predicted octanol–water partition coefficient (Wildman–Crippen LogP) is 6.19. The highest BCUT2D eigenvalue weighted by Gasteiger charge is 2.13. The molecule has 0 amide bonds. The van der Waals surface area contributed by atoms with Crippen molar-refractivity contribution in [3.8, 4) is 11.5 Å². The highest BCUT2D eigenvalue weighted by Crippen LogP contribution is 2.37. The number of nitrogens with one attached hydrogen (secondary N) is 1. The topological polar surface area (TPSA) is 43.4 Å². The Morgan fingerprint density at radius 1 is 1.00 bits per heavy atom. The van der Waals surface area contributed by atoms with Gasteiger partial charge in [-0.25, -0.2) is 0 Å². The molecule has 0 aliphatic heterocycles. The molecule has 29 heavy (non-hydrogen) atoms. The highest BCUT2D eigenvalue weighted by molar-refractivity contribution is 9.10. The van der Waals surface area contributed by atoms with E-state index in [0.717, 1.165) is 33.5 Å². The molecule has 1 N–H and O–H groups in total. The summed E-state index contributed by atoms with van der Waals surface area (Å²) in [5.41, 5.74) is 3.30. The van der Waals surface area contributed by atoms with Gasteiger partial charge in [-0.15, -0.1) is 12.4 Å². The van der Waals surface area contributed by atoms with Crippen molar-refractivity contribution < 1.29 is 9.47 Å². The van der Waals surface area contributed by atoms with E-state index in [1.807, 2.05) is 49.5 Å². The molecule has 1 aromatic heterocycles. The van der Waals surface area contributed by atoms with Gasteiger partial charge in [-0.05, 0) is 69.9 Å². The minimum absolute atomic E-state index is 0. The lowest BCUT2D eigenvalue weighted by molar-refractivity contribution is 0.267. The number of aromatic nitrogens is 1. The molecule has 7 heteroatoms. The summed E-state index contributed by atoms with van der Waals surface area (Å²) in [7, 11) is 0. The number of ether oxygens (including phenoxy) is 2. The molecule has 3 aromatic rings. The van der Waals surface area contributed by atoms with E-state index >= 15 is 0 Å². The molecule has 0 unspecified atom stereocenters. The average molecular weight is 498 g/mol. The van der Waals surface area contributed by atoms with Crippen molar-refractivity contribution in [2.75, 3.05) is 6.61 Å². The first-order valence-electron chi connectivity index (χ1n) is 9.07. The summed E-state index contributed by atoms with van der Waals surface area (Å²) < 4.78 is 12.7. The van der Waals surface area contributed by atoms with Crippen LogP contribution in [0.1, 0.15) is 23.6 Å². The van der Waals surface area contributed by atoms with Crippen LogP contribution in [0.5, 0.6) is 11.5 Å². The fourth-order valence-electron chi connectivity index (χ4n) is 2.72. The van der Waals surface area contributed by atoms with Gasteiger partial charge in [0.2, 0.25) is 0 Å². The lowest BCUT2D eigenvalue weighted by Gasteiger charge is -2.16. The van der Waals surface area contributed by atoms with Crippen molar-refractivity contribution in [3.05, 3.63) is 87.1 Å². The zero-order chi connectivity index (χ0) is 19.8. The van der Waals surface area contributed by atoms with Crippen LogP contribution in [0.15, 0.2) is 65.4 Å². The number of benzene rings is 2. The minimum atomic E-state index is 0. The predicted molar refractivity (Wildman–Crippen MR) is 123 cm³/mol. The first-order chi connectivity index (χ1) is 13.7. The molecule has 2 aromatic carbocycles. The molecular weight excluding hydrogens is 475 g/mol. The first kappa shape index (κ1) is 23.5. The SMILES string of the molecule is CCOc1cc(CNCc2cccnc2)cc(Br)c1OCc1ccc(Cl)cc1.Cl. The summed E-state index contributed by atoms with van der Waals surface area (Å²) in [6.45, 7) is 4.43. The summed E-state index contributed by atoms with van der Waals surface area (Å²) in [4.78, 5) is 4.13. The second-order valence-corrected chi connectivity index (χ2v) is 7.51. The Bertz CT molecular complexity index is 893. The van der Waals surface area contributed by atoms with Gasteiger partial charge in [-0.1, -0.05) is 29.8 Å². The van der Waals surface area contributed by atoms with Crippen molar-refractivity contribution in [2.45, 2.75) is 26.6 Å². The number of halogens is 3. The van der Waals surface area contributed by atoms with Crippen LogP contribution in [0.2, 0.25) is 5.02 Å². The smallest absolute Gasteiger partial charge is 0.175 e. The van der Waals surface area contributed by atoms with E-state index < -0.39 is 0 Å². The van der Waals surface area contributed by atoms with Gasteiger partial charge in [0.15, 0.2) is 11.5 Å². The van der Waals surface area contributed by atoms with Gasteiger partial charge in [-0.3, -0.25) is 4.98 Å². The Kier molecular flexibility index (Phi) is 9.74. The van der Waals surface area contributed by atoms with Crippen LogP contribution in [0.25, 0.3) is 0 Å². The monoisotopic (exact) mass is 496 g/mol. The van der Waals surface area contributed by atoms with Gasteiger partial charge in [0.1, 0.15) is 6.61 Å². The molecule has 0 radical (unpaired) electrons. The molecule has 154 valence electrons. The molecule has 0 fully saturated rings. The van der Waals surface area contributed by atoms with Crippen LogP contribution in [0.3, 0.4) is 0 Å². The number of pyridine rings is 1. The van der Waals surface area contributed by atoms with Crippen LogP contribution in [0, 0.1) is 0 Å². The maximum atomic E-state index is 6.03. The van der Waals surface area contributed by atoms with E-state index in [9.17, 15) is 0 Å². The normalized spacial score (nSPS) is 10.3. The minimum Gasteiger partial charge on any atom is -0.490 e. The second kappa shape index (κ2) is 12.0. The number of hydrogen-bond donors (Lipinski definition) is 1. The quantitative estimate of drug-likeness (QED) is 0.383. The zero-order valence-corrected chi connectivity index (χ0v) is 19.2. The van der Waals surface area contributed by atoms with Crippen molar-refractivity contribution in [1.82, 2.24) is 10.3 Å². The molecular formula is C22H23BrCl2N2O2. The Labute approximate surface area is 191 Å². The second-order valence-electron chi connectivity index (χ2n) is 6.22. The zero-order valence-electron chi connectivity index (χ0n) is 16.0. The summed E-state index contributed by atoms with van der Waals surface area (Å²) >= 11 is 9.57. The van der Waals surface area contributed by atoms with E-state index in [1.165, 1.54) is 0 Å². The van der Waals surface area contributed by atoms with E-state index in [0.29, 0.717) is 30.5 Å². The third-order valence-electron chi connectivity index (χ3n) is 4.05. The van der Waals surface area contributed by atoms with E-state index in [2.05, 4.69) is 38.4 Å². The van der Waals surface area contributed by atoms with E-state index in [-0.39, 0.29) is 12.4 Å². The van der Waals surface area contributed by atoms with Crippen LogP contribution >= 0.6 is 39.9 Å². The standard InChI is InChI=1S/C22H22BrClN2O2.ClH/c1-2-27-21-11-18(14-26-13-17-4-3-9-25-12-17)10-20(23)22(21)28-15-16-5-7-19(24)8-6-16;/h3-12,26H,2,13-15H2,1H3;1H. The van der Waals surface area contributed by atoms with E-state index in [1.54, 1.807) is 6.20 Å². The molecule has 4 nitrogen and oxygen atoms in total. The fraction of sp³-hybridized carbons (Fsp3) is 0.227. The van der Waals surface area contributed by atoms with Crippen molar-refractivity contribution in [1.29, 1.82) is 0 Å². The molecule has 0 aliphatic rings. The maximum Gasteiger partial charge on any atom is 0.175 e. The van der Waals surface area contributed by atoms with Crippen molar-refractivity contribution in [2.24, 2.45) is 0 Å². The summed E-state index contributed by atoms with van der Waals surface area (Å²) in [5, 5.41) is 4.14. The van der Waals surface area contributed by atoms with Crippen molar-refractivity contribution in [3.63, 3.8) is 0 Å². The Morgan fingerprint density at radius 3 is 2.45 bits per heavy atom. The molecule has 0 saturated carbocycles. The molecule has 0 atom stereocenters. The number of nitrogens with zero attached hydrogens (tertiary/aromatic N) is 1. The van der Waals surface area contributed by atoms with Gasteiger partial charge < -0.3 is 14.8 Å². The third kappa shape index (κ3) is 7.19. The Morgan fingerprint density at radius 2 is 1.76 bits per heavy atom. The highest BCUT2D eigenvalue weighted by atomic mass is 79.9. The van der Waals surface area contributed by atoms with Gasteiger partial charge >= 0.3 is 0 Å². The third-order valence-corrected chi connectivity index (χ3v) is 4.89. The molecule has 0 spiro atoms. The lowest BCUT2D eigenvalue weighted by Crippen LogP contribution is -2.13. The van der Waals surface area contributed by atoms with Crippen LogP contribution < -0.4 is 14.8 Å². The van der Waals surface area contributed by atoms with Gasteiger partial charge in [0, 0.05) is 30.5 Å². The molecule has 3 rings (SSSR count). The number of rotatable bonds is 9. The van der Waals surface area contributed by atoms with E-state index in [4.69, 9.17) is 21.1 Å². The first-order valence-corrected chi connectivity index (χ1v) is 10.2. The fourth-order valence-corrected chi connectivity index (χ4v) is 3.45. The van der Waals surface area contributed by atoms with Gasteiger partial charge in [0.25, 0.3) is 0 Å². The molecule has 0 saturated heterocycles. The summed E-state index contributed by atoms with van der Waals surface area (Å²) in [6.07, 6.45) is 3.64. The molecule has 0 bridgehead atoms. The Balaban J connectivity index is 0.00000300. The summed E-state index contributed by atoms with van der Waals surface area (Å²) in [6, 6.07) is 15.7. The largest absolute Gasteiger partial charge is 0.490 e. The van der Waals surface area contributed by atoms with Gasteiger partial charge in [0.05, 0.1) is 11.1 Å². The Hall–Kier alpha value is -1.79. The summed E-state index contributed by atoms with van der Waals surface area (Å²) in [5.74, 6) is 1.43.